The molecule has 3 aromatic rings. The van der Waals surface area contributed by atoms with Crippen molar-refractivity contribution in [3.8, 4) is 0 Å². The molecule has 30 heavy (non-hydrogen) atoms. The molecule has 2 amide bonds. The van der Waals surface area contributed by atoms with Gasteiger partial charge < -0.3 is 15.5 Å². The molecule has 7 heteroatoms. The summed E-state index contributed by atoms with van der Waals surface area (Å²) in [7, 11) is 0. The zero-order valence-corrected chi connectivity index (χ0v) is 16.3. The van der Waals surface area contributed by atoms with Gasteiger partial charge in [-0.05, 0) is 48.9 Å². The lowest BCUT2D eigenvalue weighted by Gasteiger charge is -2.31. The number of hydrogen-bond acceptors (Lipinski definition) is 2. The van der Waals surface area contributed by atoms with Crippen molar-refractivity contribution in [2.45, 2.75) is 25.4 Å². The van der Waals surface area contributed by atoms with Gasteiger partial charge in [-0.25, -0.2) is 4.79 Å². The van der Waals surface area contributed by atoms with E-state index in [0.29, 0.717) is 11.4 Å². The van der Waals surface area contributed by atoms with Gasteiger partial charge in [-0.1, -0.05) is 36.4 Å². The first-order chi connectivity index (χ1) is 14.4. The fraction of sp³-hybridized carbons (Fsp3) is 0.261. The monoisotopic (exact) mass is 413 g/mol. The molecular weight excluding hydrogens is 391 g/mol. The first-order valence-corrected chi connectivity index (χ1v) is 9.94. The lowest BCUT2D eigenvalue weighted by molar-refractivity contribution is -0.137. The largest absolute Gasteiger partial charge is 0.416 e. The topological polar surface area (TPSA) is 44.4 Å². The van der Waals surface area contributed by atoms with Crippen molar-refractivity contribution < 1.29 is 18.0 Å². The van der Waals surface area contributed by atoms with Gasteiger partial charge in [0.05, 0.1) is 22.6 Å². The van der Waals surface area contributed by atoms with Gasteiger partial charge in [-0.15, -0.1) is 0 Å². The zero-order chi connectivity index (χ0) is 21.1. The van der Waals surface area contributed by atoms with Gasteiger partial charge in [0.2, 0.25) is 0 Å². The summed E-state index contributed by atoms with van der Waals surface area (Å²) in [6.45, 7) is 1.51. The zero-order valence-electron chi connectivity index (χ0n) is 16.3. The Bertz CT molecular complexity index is 1050. The van der Waals surface area contributed by atoms with E-state index < -0.39 is 17.8 Å². The highest BCUT2D eigenvalue weighted by molar-refractivity contribution is 6.07. The number of nitrogens with one attached hydrogen (secondary N) is 2. The van der Waals surface area contributed by atoms with Gasteiger partial charge in [0, 0.05) is 18.5 Å². The molecule has 1 aliphatic heterocycles. The SMILES string of the molecule is O=C(Nc1cc(C(F)(F)F)ccc1N1CCCCC1)Nc1cccc2ccccc12. The third-order valence-corrected chi connectivity index (χ3v) is 5.31. The molecule has 1 saturated heterocycles. The van der Waals surface area contributed by atoms with Crippen LogP contribution < -0.4 is 15.5 Å². The molecule has 2 N–H and O–H groups in total. The van der Waals surface area contributed by atoms with E-state index in [-0.39, 0.29) is 5.69 Å². The molecule has 0 bridgehead atoms. The summed E-state index contributed by atoms with van der Waals surface area (Å²) in [5.41, 5.74) is 0.570. The Morgan fingerprint density at radius 2 is 1.53 bits per heavy atom. The second-order valence-corrected chi connectivity index (χ2v) is 7.38. The van der Waals surface area contributed by atoms with E-state index >= 15 is 0 Å². The van der Waals surface area contributed by atoms with Gasteiger partial charge in [0.1, 0.15) is 0 Å². The lowest BCUT2D eigenvalue weighted by atomic mass is 10.1. The van der Waals surface area contributed by atoms with E-state index in [2.05, 4.69) is 10.6 Å². The van der Waals surface area contributed by atoms with Crippen molar-refractivity contribution in [3.05, 3.63) is 66.2 Å². The van der Waals surface area contributed by atoms with Gasteiger partial charge in [-0.2, -0.15) is 13.2 Å². The van der Waals surface area contributed by atoms with Gasteiger partial charge in [0.15, 0.2) is 0 Å². The molecule has 156 valence electrons. The lowest BCUT2D eigenvalue weighted by Crippen LogP contribution is -2.31. The highest BCUT2D eigenvalue weighted by atomic mass is 19.4. The number of piperidine rings is 1. The minimum absolute atomic E-state index is 0.157. The number of anilines is 3. The van der Waals surface area contributed by atoms with E-state index in [4.69, 9.17) is 0 Å². The Labute approximate surface area is 172 Å². The number of nitrogens with zero attached hydrogens (tertiary/aromatic N) is 1. The number of hydrogen-bond donors (Lipinski definition) is 2. The molecule has 4 nitrogen and oxygen atoms in total. The van der Waals surface area contributed by atoms with Crippen molar-refractivity contribution >= 4 is 33.9 Å². The third kappa shape index (κ3) is 4.35. The average molecular weight is 413 g/mol. The summed E-state index contributed by atoms with van der Waals surface area (Å²) in [6.07, 6.45) is -1.43. The molecule has 1 fully saturated rings. The van der Waals surface area contributed by atoms with E-state index in [0.717, 1.165) is 55.3 Å². The summed E-state index contributed by atoms with van der Waals surface area (Å²) >= 11 is 0. The van der Waals surface area contributed by atoms with Crippen LogP contribution in [0.2, 0.25) is 0 Å². The molecule has 0 aliphatic carbocycles. The Morgan fingerprint density at radius 3 is 2.30 bits per heavy atom. The minimum Gasteiger partial charge on any atom is -0.370 e. The van der Waals surface area contributed by atoms with E-state index in [9.17, 15) is 18.0 Å². The van der Waals surface area contributed by atoms with Crippen LogP contribution in [0.3, 0.4) is 0 Å². The molecule has 0 aromatic heterocycles. The maximum atomic E-state index is 13.3. The fourth-order valence-electron chi connectivity index (χ4n) is 3.83. The molecule has 0 atom stereocenters. The maximum absolute atomic E-state index is 13.3. The van der Waals surface area contributed by atoms with E-state index in [1.54, 1.807) is 6.07 Å². The Morgan fingerprint density at radius 1 is 0.833 bits per heavy atom. The molecule has 0 saturated carbocycles. The van der Waals surface area contributed by atoms with Gasteiger partial charge in [-0.3, -0.25) is 0 Å². The highest BCUT2D eigenvalue weighted by Crippen LogP contribution is 2.36. The molecule has 0 radical (unpaired) electrons. The number of urea groups is 1. The summed E-state index contributed by atoms with van der Waals surface area (Å²) in [4.78, 5) is 14.7. The number of fused-ring (bicyclic) bond motifs is 1. The average Bonchev–Trinajstić information content (AvgIpc) is 2.74. The van der Waals surface area contributed by atoms with Gasteiger partial charge >= 0.3 is 12.2 Å². The van der Waals surface area contributed by atoms with Crippen molar-refractivity contribution in [1.29, 1.82) is 0 Å². The maximum Gasteiger partial charge on any atom is 0.416 e. The second kappa shape index (κ2) is 8.26. The molecule has 1 heterocycles. The summed E-state index contributed by atoms with van der Waals surface area (Å²) < 4.78 is 39.8. The summed E-state index contributed by atoms with van der Waals surface area (Å²) in [5.74, 6) is 0. The van der Waals surface area contributed by atoms with Crippen LogP contribution in [-0.4, -0.2) is 19.1 Å². The van der Waals surface area contributed by atoms with Crippen LogP contribution in [-0.2, 0) is 6.18 Å². The standard InChI is InChI=1S/C23H22F3N3O/c24-23(25,26)17-11-12-21(29-13-4-1-5-14-29)20(15-17)28-22(30)27-19-10-6-8-16-7-2-3-9-18(16)19/h2-3,6-12,15H,1,4-5,13-14H2,(H2,27,28,30). The van der Waals surface area contributed by atoms with Crippen LogP contribution in [0.15, 0.2) is 60.7 Å². The van der Waals surface area contributed by atoms with Crippen molar-refractivity contribution in [2.75, 3.05) is 28.6 Å². The fourth-order valence-corrected chi connectivity index (χ4v) is 3.83. The number of carbonyl (C=O) groups excluding carboxylic acids is 1. The van der Waals surface area contributed by atoms with Crippen molar-refractivity contribution in [2.24, 2.45) is 0 Å². The van der Waals surface area contributed by atoms with Crippen LogP contribution in [0.1, 0.15) is 24.8 Å². The quantitative estimate of drug-likeness (QED) is 0.515. The third-order valence-electron chi connectivity index (χ3n) is 5.31. The first-order valence-electron chi connectivity index (χ1n) is 9.94. The minimum atomic E-state index is -4.48. The van der Waals surface area contributed by atoms with Crippen LogP contribution in [0, 0.1) is 0 Å². The molecular formula is C23H22F3N3O. The van der Waals surface area contributed by atoms with Gasteiger partial charge in [0.25, 0.3) is 0 Å². The predicted octanol–water partition coefficient (Wildman–Crippen LogP) is 6.49. The Kier molecular flexibility index (Phi) is 5.53. The number of carbonyl (C=O) groups is 1. The molecule has 3 aromatic carbocycles. The predicted molar refractivity (Wildman–Crippen MR) is 114 cm³/mol. The number of benzene rings is 3. The smallest absolute Gasteiger partial charge is 0.370 e. The first kappa shape index (κ1) is 20.1. The molecule has 0 unspecified atom stereocenters. The Hall–Kier alpha value is -3.22. The molecule has 0 spiro atoms. The van der Waals surface area contributed by atoms with Crippen molar-refractivity contribution in [3.63, 3.8) is 0 Å². The second-order valence-electron chi connectivity index (χ2n) is 7.38. The Balaban J connectivity index is 1.62. The number of amides is 2. The number of halogens is 3. The van der Waals surface area contributed by atoms with Crippen LogP contribution in [0.25, 0.3) is 10.8 Å². The van der Waals surface area contributed by atoms with Crippen LogP contribution >= 0.6 is 0 Å². The number of alkyl halides is 3. The summed E-state index contributed by atoms with van der Waals surface area (Å²) in [6, 6.07) is 16.0. The summed E-state index contributed by atoms with van der Waals surface area (Å²) in [5, 5.41) is 7.23. The van der Waals surface area contributed by atoms with Crippen LogP contribution in [0.4, 0.5) is 35.0 Å². The van der Waals surface area contributed by atoms with Crippen molar-refractivity contribution in [1.82, 2.24) is 0 Å². The van der Waals surface area contributed by atoms with E-state index in [1.165, 1.54) is 6.07 Å². The van der Waals surface area contributed by atoms with E-state index in [1.807, 2.05) is 41.3 Å². The van der Waals surface area contributed by atoms with Crippen LogP contribution in [0.5, 0.6) is 0 Å². The molecule has 1 aliphatic rings. The molecule has 4 rings (SSSR count). The normalized spacial score (nSPS) is 14.6. The highest BCUT2D eigenvalue weighted by Gasteiger charge is 2.32. The number of rotatable bonds is 3.